The zero-order valence-electron chi connectivity index (χ0n) is 14.4. The minimum absolute atomic E-state index is 0.0342. The molecule has 3 amide bonds. The lowest BCUT2D eigenvalue weighted by molar-refractivity contribution is 0.0857. The maximum Gasteiger partial charge on any atom is 0.266 e. The highest BCUT2D eigenvalue weighted by Gasteiger charge is 2.37. The maximum atomic E-state index is 12.8. The van der Waals surface area contributed by atoms with Gasteiger partial charge in [0.15, 0.2) is 0 Å². The Kier molecular flexibility index (Phi) is 4.68. The van der Waals surface area contributed by atoms with Crippen molar-refractivity contribution >= 4 is 35.0 Å². The monoisotopic (exact) mass is 384 g/mol. The molecule has 27 heavy (non-hydrogen) atoms. The molecule has 0 radical (unpaired) electrons. The molecule has 1 fully saturated rings. The predicted octanol–water partition coefficient (Wildman–Crippen LogP) is 3.05. The number of benzene rings is 2. The van der Waals surface area contributed by atoms with E-state index in [1.807, 2.05) is 0 Å². The fourth-order valence-corrected chi connectivity index (χ4v) is 3.45. The van der Waals surface area contributed by atoms with Gasteiger partial charge in [-0.15, -0.1) is 0 Å². The van der Waals surface area contributed by atoms with Crippen molar-refractivity contribution < 1.29 is 19.1 Å². The molecule has 0 aliphatic carbocycles. The lowest BCUT2D eigenvalue weighted by Gasteiger charge is -2.13. The molecule has 138 valence electrons. The first-order valence-corrected chi connectivity index (χ1v) is 9.10. The van der Waals surface area contributed by atoms with E-state index in [2.05, 4.69) is 5.32 Å². The normalized spacial score (nSPS) is 18.7. The van der Waals surface area contributed by atoms with E-state index in [1.54, 1.807) is 30.3 Å². The van der Waals surface area contributed by atoms with Gasteiger partial charge in [-0.1, -0.05) is 11.6 Å². The topological polar surface area (TPSA) is 75.7 Å². The van der Waals surface area contributed by atoms with Crippen LogP contribution in [0, 0.1) is 0 Å². The number of rotatable bonds is 4. The number of carbonyl (C=O) groups excluding carboxylic acids is 3. The summed E-state index contributed by atoms with van der Waals surface area (Å²) in [4.78, 5) is 38.9. The third-order valence-electron chi connectivity index (χ3n) is 4.75. The number of hydrogen-bond donors (Lipinski definition) is 1. The average molecular weight is 385 g/mol. The number of halogens is 1. The van der Waals surface area contributed by atoms with E-state index in [9.17, 15) is 14.4 Å². The second kappa shape index (κ2) is 7.13. The molecule has 2 heterocycles. The van der Waals surface area contributed by atoms with Crippen molar-refractivity contribution in [3.8, 4) is 0 Å². The van der Waals surface area contributed by atoms with Crippen molar-refractivity contribution in [2.45, 2.75) is 18.9 Å². The molecule has 1 N–H and O–H groups in total. The number of hydrogen-bond acceptors (Lipinski definition) is 4. The highest BCUT2D eigenvalue weighted by atomic mass is 35.5. The first-order chi connectivity index (χ1) is 13.0. The minimum atomic E-state index is -0.453. The van der Waals surface area contributed by atoms with Crippen LogP contribution in [-0.2, 0) is 4.74 Å². The Morgan fingerprint density at radius 1 is 1.11 bits per heavy atom. The predicted molar refractivity (Wildman–Crippen MR) is 100 cm³/mol. The van der Waals surface area contributed by atoms with Gasteiger partial charge in [-0.2, -0.15) is 0 Å². The van der Waals surface area contributed by atoms with E-state index in [0.717, 1.165) is 24.3 Å². The summed E-state index contributed by atoms with van der Waals surface area (Å²) in [5, 5.41) is 3.33. The molecule has 0 aromatic heterocycles. The Morgan fingerprint density at radius 3 is 2.56 bits per heavy atom. The van der Waals surface area contributed by atoms with Crippen molar-refractivity contribution in [1.29, 1.82) is 0 Å². The van der Waals surface area contributed by atoms with Crippen LogP contribution in [0.4, 0.5) is 5.69 Å². The van der Waals surface area contributed by atoms with Crippen LogP contribution in [0.1, 0.15) is 43.9 Å². The molecule has 1 saturated heterocycles. The van der Waals surface area contributed by atoms with Crippen molar-refractivity contribution in [2.24, 2.45) is 0 Å². The molecule has 0 saturated carbocycles. The van der Waals surface area contributed by atoms with Crippen LogP contribution in [0.15, 0.2) is 42.5 Å². The summed E-state index contributed by atoms with van der Waals surface area (Å²) < 4.78 is 5.49. The molecule has 1 unspecified atom stereocenters. The average Bonchev–Trinajstić information content (AvgIpc) is 3.28. The highest BCUT2D eigenvalue weighted by molar-refractivity contribution is 6.35. The lowest BCUT2D eigenvalue weighted by atomic mass is 10.1. The van der Waals surface area contributed by atoms with Crippen LogP contribution in [0.5, 0.6) is 0 Å². The molecule has 0 bridgehead atoms. The maximum absolute atomic E-state index is 12.8. The van der Waals surface area contributed by atoms with Crippen LogP contribution in [0.3, 0.4) is 0 Å². The largest absolute Gasteiger partial charge is 0.376 e. The van der Waals surface area contributed by atoms with E-state index in [4.69, 9.17) is 16.3 Å². The first-order valence-electron chi connectivity index (χ1n) is 8.73. The van der Waals surface area contributed by atoms with Crippen molar-refractivity contribution in [3.05, 3.63) is 64.2 Å². The molecule has 4 rings (SSSR count). The summed E-state index contributed by atoms with van der Waals surface area (Å²) in [6.45, 7) is 1.15. The van der Waals surface area contributed by atoms with E-state index in [-0.39, 0.29) is 23.1 Å². The molecule has 2 aliphatic rings. The second-order valence-corrected chi connectivity index (χ2v) is 6.96. The van der Waals surface area contributed by atoms with Crippen molar-refractivity contribution in [1.82, 2.24) is 5.32 Å². The quantitative estimate of drug-likeness (QED) is 0.822. The van der Waals surface area contributed by atoms with Gasteiger partial charge in [-0.05, 0) is 55.3 Å². The van der Waals surface area contributed by atoms with Crippen LogP contribution < -0.4 is 10.2 Å². The molecule has 7 heteroatoms. The Balaban J connectivity index is 1.54. The molecule has 2 aromatic rings. The fourth-order valence-electron chi connectivity index (χ4n) is 3.32. The number of anilines is 1. The molecule has 2 aliphatic heterocycles. The van der Waals surface area contributed by atoms with E-state index in [0.29, 0.717) is 22.8 Å². The van der Waals surface area contributed by atoms with Crippen molar-refractivity contribution in [2.75, 3.05) is 18.1 Å². The van der Waals surface area contributed by atoms with E-state index in [1.165, 1.54) is 12.1 Å². The first kappa shape index (κ1) is 17.7. The lowest BCUT2D eigenvalue weighted by Crippen LogP contribution is -2.31. The standard InChI is InChI=1S/C20H17ClN2O4/c21-13-4-6-14(7-5-13)23-19(25)16-8-3-12(10-17(16)20(23)26)18(24)22-11-15-2-1-9-27-15/h3-8,10,15H,1-2,9,11H2,(H,22,24). The molecule has 1 atom stereocenters. The highest BCUT2D eigenvalue weighted by Crippen LogP contribution is 2.29. The number of amides is 3. The van der Waals surface area contributed by atoms with Crippen LogP contribution in [-0.4, -0.2) is 37.0 Å². The van der Waals surface area contributed by atoms with Crippen molar-refractivity contribution in [3.63, 3.8) is 0 Å². The molecular formula is C20H17ClN2O4. The smallest absolute Gasteiger partial charge is 0.266 e. The van der Waals surface area contributed by atoms with Gasteiger partial charge in [0.2, 0.25) is 0 Å². The summed E-state index contributed by atoms with van der Waals surface area (Å²) in [5.74, 6) is -1.16. The summed E-state index contributed by atoms with van der Waals surface area (Å²) >= 11 is 5.87. The van der Waals surface area contributed by atoms with Gasteiger partial charge >= 0.3 is 0 Å². The number of nitrogens with zero attached hydrogens (tertiary/aromatic N) is 1. The fraction of sp³-hybridized carbons (Fsp3) is 0.250. The number of ether oxygens (including phenoxy) is 1. The third-order valence-corrected chi connectivity index (χ3v) is 5.00. The summed E-state index contributed by atoms with van der Waals surface area (Å²) in [5.41, 5.74) is 1.28. The number of fused-ring (bicyclic) bond motifs is 1. The Labute approximate surface area is 161 Å². The number of imide groups is 1. The third kappa shape index (κ3) is 3.34. The zero-order chi connectivity index (χ0) is 19.0. The van der Waals surface area contributed by atoms with Gasteiger partial charge in [0.05, 0.1) is 22.9 Å². The zero-order valence-corrected chi connectivity index (χ0v) is 15.2. The van der Waals surface area contributed by atoms with Gasteiger partial charge < -0.3 is 10.1 Å². The summed E-state index contributed by atoms with van der Waals surface area (Å²) in [6.07, 6.45) is 1.95. The Morgan fingerprint density at radius 2 is 1.85 bits per heavy atom. The van der Waals surface area contributed by atoms with Crippen LogP contribution >= 0.6 is 11.6 Å². The van der Waals surface area contributed by atoms with Gasteiger partial charge in [0, 0.05) is 23.7 Å². The SMILES string of the molecule is O=C(NCC1CCCO1)c1ccc2c(c1)C(=O)N(c1ccc(Cl)cc1)C2=O. The van der Waals surface area contributed by atoms with Gasteiger partial charge in [0.1, 0.15) is 0 Å². The molecule has 2 aromatic carbocycles. The minimum Gasteiger partial charge on any atom is -0.376 e. The van der Waals surface area contributed by atoms with Crippen LogP contribution in [0.25, 0.3) is 0 Å². The van der Waals surface area contributed by atoms with Crippen LogP contribution in [0.2, 0.25) is 5.02 Å². The summed E-state index contributed by atoms with van der Waals surface area (Å²) in [6, 6.07) is 11.0. The molecular weight excluding hydrogens is 368 g/mol. The van der Waals surface area contributed by atoms with Gasteiger partial charge in [-0.3, -0.25) is 14.4 Å². The Hall–Kier alpha value is -2.70. The molecule has 0 spiro atoms. The van der Waals surface area contributed by atoms with Gasteiger partial charge in [-0.25, -0.2) is 4.90 Å². The Bertz CT molecular complexity index is 920. The second-order valence-electron chi connectivity index (χ2n) is 6.53. The number of carbonyl (C=O) groups is 3. The summed E-state index contributed by atoms with van der Waals surface area (Å²) in [7, 11) is 0. The number of nitrogens with one attached hydrogen (secondary N) is 1. The molecule has 6 nitrogen and oxygen atoms in total. The van der Waals surface area contributed by atoms with E-state index >= 15 is 0 Å². The van der Waals surface area contributed by atoms with Gasteiger partial charge in [0.25, 0.3) is 17.7 Å². The van der Waals surface area contributed by atoms with E-state index < -0.39 is 11.8 Å².